The van der Waals surface area contributed by atoms with Crippen LogP contribution in [0.3, 0.4) is 0 Å². The van der Waals surface area contributed by atoms with Crippen molar-refractivity contribution in [3.05, 3.63) is 77.1 Å². The molecule has 1 atom stereocenters. The highest BCUT2D eigenvalue weighted by molar-refractivity contribution is 5.97. The van der Waals surface area contributed by atoms with Crippen molar-refractivity contribution < 1.29 is 36.2 Å². The summed E-state index contributed by atoms with van der Waals surface area (Å²) < 4.78 is 79.7. The second kappa shape index (κ2) is 11.9. The van der Waals surface area contributed by atoms with Crippen molar-refractivity contribution in [2.24, 2.45) is 0 Å². The van der Waals surface area contributed by atoms with Gasteiger partial charge in [-0.3, -0.25) is 9.69 Å². The zero-order valence-corrected chi connectivity index (χ0v) is 22.6. The Balaban J connectivity index is 1.36. The van der Waals surface area contributed by atoms with Crippen LogP contribution in [0.1, 0.15) is 29.3 Å². The first-order valence-corrected chi connectivity index (χ1v) is 12.8. The second-order valence-electron chi connectivity index (χ2n) is 10.1. The molecule has 0 radical (unpaired) electrons. The summed E-state index contributed by atoms with van der Waals surface area (Å²) in [7, 11) is 0. The largest absolute Gasteiger partial charge is 0.419 e. The first-order chi connectivity index (χ1) is 20.1. The minimum Gasteiger partial charge on any atom is -0.379 e. The van der Waals surface area contributed by atoms with Gasteiger partial charge in [-0.15, -0.1) is 0 Å². The van der Waals surface area contributed by atoms with Crippen LogP contribution < -0.4 is 10.2 Å². The van der Waals surface area contributed by atoms with Gasteiger partial charge in [-0.2, -0.15) is 36.9 Å². The van der Waals surface area contributed by atoms with Crippen LogP contribution in [0.2, 0.25) is 0 Å². The molecular formula is C29H24F6N6O2. The molecule has 1 amide bonds. The number of nitrogens with one attached hydrogen (secondary N) is 1. The van der Waals surface area contributed by atoms with Crippen molar-refractivity contribution in [2.45, 2.75) is 24.9 Å². The predicted octanol–water partition coefficient (Wildman–Crippen LogP) is 5.04. The monoisotopic (exact) mass is 602 g/mol. The molecule has 1 fully saturated rings. The van der Waals surface area contributed by atoms with Crippen LogP contribution in [0.5, 0.6) is 0 Å². The van der Waals surface area contributed by atoms with Crippen molar-refractivity contribution >= 4 is 17.3 Å². The van der Waals surface area contributed by atoms with Crippen LogP contribution in [-0.4, -0.2) is 59.2 Å². The summed E-state index contributed by atoms with van der Waals surface area (Å²) in [6.07, 6.45) is -8.31. The molecule has 2 heterocycles. The molecule has 1 aliphatic heterocycles. The molecule has 3 aromatic rings. The molecule has 1 aliphatic rings. The number of aliphatic hydroxyl groups is 1. The molecule has 8 nitrogen and oxygen atoms in total. The van der Waals surface area contributed by atoms with E-state index in [4.69, 9.17) is 10.5 Å². The number of anilines is 2. The lowest BCUT2D eigenvalue weighted by atomic mass is 10.0. The van der Waals surface area contributed by atoms with E-state index in [0.29, 0.717) is 37.8 Å². The number of halogens is 6. The molecule has 1 aromatic heterocycles. The number of β-amino-alcohol motifs (C(OH)–C–C–N with tert-alkyl or cyclic N) is 1. The molecule has 43 heavy (non-hydrogen) atoms. The minimum absolute atomic E-state index is 0.0960. The van der Waals surface area contributed by atoms with Gasteiger partial charge in [0.05, 0.1) is 22.8 Å². The summed E-state index contributed by atoms with van der Waals surface area (Å²) in [4.78, 5) is 20.2. The van der Waals surface area contributed by atoms with Crippen LogP contribution >= 0.6 is 0 Å². The Kier molecular flexibility index (Phi) is 8.67. The van der Waals surface area contributed by atoms with Crippen LogP contribution in [0.25, 0.3) is 11.1 Å². The SMILES string of the molecule is C[C@](O)(CN1CCN(c2ccc(-c3cnc(C#N)c(C(F)(F)F)c3)cc2)CC1)C(=O)Nc1ccc(C#N)c(C(F)(F)F)c1. The second-order valence-corrected chi connectivity index (χ2v) is 10.1. The molecule has 2 aromatic carbocycles. The van der Waals surface area contributed by atoms with Crippen LogP contribution in [-0.2, 0) is 17.1 Å². The lowest BCUT2D eigenvalue weighted by Crippen LogP contribution is -2.54. The molecule has 4 rings (SSSR count). The Morgan fingerprint density at radius 2 is 1.53 bits per heavy atom. The Morgan fingerprint density at radius 1 is 0.907 bits per heavy atom. The zero-order valence-electron chi connectivity index (χ0n) is 22.6. The van der Waals surface area contributed by atoms with E-state index in [1.54, 1.807) is 24.3 Å². The summed E-state index contributed by atoms with van der Waals surface area (Å²) in [5, 5.41) is 31.0. The molecule has 14 heteroatoms. The fourth-order valence-electron chi connectivity index (χ4n) is 4.68. The molecule has 0 saturated carbocycles. The van der Waals surface area contributed by atoms with Crippen molar-refractivity contribution in [1.82, 2.24) is 9.88 Å². The average Bonchev–Trinajstić information content (AvgIpc) is 2.96. The van der Waals surface area contributed by atoms with Gasteiger partial charge in [0.2, 0.25) is 0 Å². The maximum Gasteiger partial charge on any atom is 0.419 e. The maximum atomic E-state index is 13.3. The van der Waals surface area contributed by atoms with Crippen LogP contribution in [0.15, 0.2) is 54.7 Å². The third-order valence-corrected chi connectivity index (χ3v) is 6.96. The molecule has 0 spiro atoms. The third-order valence-electron chi connectivity index (χ3n) is 6.96. The Morgan fingerprint density at radius 3 is 2.09 bits per heavy atom. The van der Waals surface area contributed by atoms with E-state index >= 15 is 0 Å². The summed E-state index contributed by atoms with van der Waals surface area (Å²) >= 11 is 0. The number of nitrogens with zero attached hydrogens (tertiary/aromatic N) is 5. The average molecular weight is 603 g/mol. The van der Waals surface area contributed by atoms with Gasteiger partial charge in [-0.25, -0.2) is 4.98 Å². The highest BCUT2D eigenvalue weighted by Gasteiger charge is 2.37. The van der Waals surface area contributed by atoms with E-state index < -0.39 is 46.2 Å². The molecular weight excluding hydrogens is 578 g/mol. The number of amides is 1. The quantitative estimate of drug-likeness (QED) is 0.380. The van der Waals surface area contributed by atoms with Crippen molar-refractivity contribution in [1.29, 1.82) is 10.5 Å². The fourth-order valence-corrected chi connectivity index (χ4v) is 4.68. The number of benzene rings is 2. The van der Waals surface area contributed by atoms with E-state index in [1.165, 1.54) is 25.3 Å². The lowest BCUT2D eigenvalue weighted by Gasteiger charge is -2.38. The number of aromatic nitrogens is 1. The number of nitriles is 2. The maximum absolute atomic E-state index is 13.3. The molecule has 224 valence electrons. The Bertz CT molecular complexity index is 1580. The first kappa shape index (κ1) is 31.3. The highest BCUT2D eigenvalue weighted by Crippen LogP contribution is 2.35. The third kappa shape index (κ3) is 7.23. The standard InChI is InChI=1S/C29H24F6N6O2/c1-27(43,26(42)39-21-5-2-19(14-36)23(13-21)28(30,31)32)17-40-8-10-41(11-9-40)22-6-3-18(4-7-22)20-12-24(29(33,34)35)25(15-37)38-16-20/h2-7,12-13,16,43H,8-11,17H2,1H3,(H,39,42)/t27-/m0/s1. The number of alkyl halides is 6. The van der Waals surface area contributed by atoms with Crippen LogP contribution in [0.4, 0.5) is 37.7 Å². The van der Waals surface area contributed by atoms with E-state index in [1.807, 2.05) is 9.80 Å². The van der Waals surface area contributed by atoms with Gasteiger partial charge in [0.15, 0.2) is 11.3 Å². The number of pyridine rings is 1. The summed E-state index contributed by atoms with van der Waals surface area (Å²) in [6.45, 7) is 3.03. The number of rotatable bonds is 6. The summed E-state index contributed by atoms with van der Waals surface area (Å²) in [5.41, 5.74) is -4.27. The van der Waals surface area contributed by atoms with Gasteiger partial charge in [-0.1, -0.05) is 12.1 Å². The van der Waals surface area contributed by atoms with E-state index in [9.17, 15) is 36.2 Å². The summed E-state index contributed by atoms with van der Waals surface area (Å²) in [6, 6.07) is 13.3. The minimum atomic E-state index is -4.80. The van der Waals surface area contributed by atoms with Gasteiger partial charge in [0, 0.05) is 55.9 Å². The van der Waals surface area contributed by atoms with Gasteiger partial charge in [0.1, 0.15) is 6.07 Å². The highest BCUT2D eigenvalue weighted by atomic mass is 19.4. The van der Waals surface area contributed by atoms with E-state index in [2.05, 4.69) is 10.3 Å². The first-order valence-electron chi connectivity index (χ1n) is 12.8. The number of piperazine rings is 1. The lowest BCUT2D eigenvalue weighted by molar-refractivity contribution is -0.138. The molecule has 1 saturated heterocycles. The number of carbonyl (C=O) groups excluding carboxylic acids is 1. The van der Waals surface area contributed by atoms with E-state index in [-0.39, 0.29) is 17.8 Å². The zero-order chi connectivity index (χ0) is 31.6. The van der Waals surface area contributed by atoms with Gasteiger partial charge in [-0.05, 0) is 48.9 Å². The van der Waals surface area contributed by atoms with Crippen molar-refractivity contribution in [3.8, 4) is 23.3 Å². The molecule has 0 aliphatic carbocycles. The fraction of sp³-hybridized carbons (Fsp3) is 0.310. The Hall–Kier alpha value is -4.66. The number of carbonyl (C=O) groups is 1. The van der Waals surface area contributed by atoms with Crippen molar-refractivity contribution in [2.75, 3.05) is 42.9 Å². The normalized spacial score (nSPS) is 15.7. The van der Waals surface area contributed by atoms with Gasteiger partial charge in [0.25, 0.3) is 5.91 Å². The summed E-state index contributed by atoms with van der Waals surface area (Å²) in [5.74, 6) is -0.908. The van der Waals surface area contributed by atoms with Gasteiger partial charge >= 0.3 is 12.4 Å². The number of hydrogen-bond acceptors (Lipinski definition) is 7. The number of hydrogen-bond donors (Lipinski definition) is 2. The molecule has 0 unspecified atom stereocenters. The molecule has 0 bridgehead atoms. The van der Waals surface area contributed by atoms with Crippen molar-refractivity contribution in [3.63, 3.8) is 0 Å². The van der Waals surface area contributed by atoms with Gasteiger partial charge < -0.3 is 15.3 Å². The topological polar surface area (TPSA) is 116 Å². The van der Waals surface area contributed by atoms with Crippen LogP contribution in [0, 0.1) is 22.7 Å². The molecule has 2 N–H and O–H groups in total. The Labute approximate surface area is 242 Å². The van der Waals surface area contributed by atoms with E-state index in [0.717, 1.165) is 23.9 Å². The smallest absolute Gasteiger partial charge is 0.379 e. The predicted molar refractivity (Wildman–Crippen MR) is 143 cm³/mol.